The maximum Gasteiger partial charge on any atom is 0.271 e. The molecule has 21 heavy (non-hydrogen) atoms. The van der Waals surface area contributed by atoms with Crippen molar-refractivity contribution in [2.75, 3.05) is 5.32 Å². The maximum absolute atomic E-state index is 11.8. The van der Waals surface area contributed by atoms with Crippen LogP contribution in [-0.4, -0.2) is 21.9 Å². The van der Waals surface area contributed by atoms with E-state index < -0.39 is 0 Å². The lowest BCUT2D eigenvalue weighted by Crippen LogP contribution is -2.26. The van der Waals surface area contributed by atoms with Gasteiger partial charge in [-0.15, -0.1) is 0 Å². The molecule has 0 spiro atoms. The summed E-state index contributed by atoms with van der Waals surface area (Å²) in [4.78, 5) is 20.0. The number of nitrogens with one attached hydrogen (secondary N) is 2. The number of rotatable bonds is 4. The van der Waals surface area contributed by atoms with Crippen LogP contribution in [0, 0.1) is 11.3 Å². The van der Waals surface area contributed by atoms with E-state index in [4.69, 9.17) is 5.26 Å². The molecule has 6 heteroatoms. The van der Waals surface area contributed by atoms with Gasteiger partial charge in [0.25, 0.3) is 5.91 Å². The standard InChI is InChI=1S/C15H13N5O/c16-7-10-2-1-3-12(6-10)19-14-9-17-13(8-18-14)15(21)20-11-4-5-11/h1-3,6,8-9,11H,4-5H2,(H,18,19)(H,20,21). The van der Waals surface area contributed by atoms with Gasteiger partial charge in [0.2, 0.25) is 0 Å². The second kappa shape index (κ2) is 5.59. The summed E-state index contributed by atoms with van der Waals surface area (Å²) in [5.41, 5.74) is 1.62. The first kappa shape index (κ1) is 13.1. The van der Waals surface area contributed by atoms with Gasteiger partial charge in [0.05, 0.1) is 24.0 Å². The zero-order valence-corrected chi connectivity index (χ0v) is 11.2. The smallest absolute Gasteiger partial charge is 0.271 e. The molecule has 1 fully saturated rings. The fraction of sp³-hybridized carbons (Fsp3) is 0.200. The van der Waals surface area contributed by atoms with E-state index in [2.05, 4.69) is 26.7 Å². The fourth-order valence-corrected chi connectivity index (χ4v) is 1.81. The predicted octanol–water partition coefficient (Wildman–Crippen LogP) is 1.98. The Bertz CT molecular complexity index is 701. The van der Waals surface area contributed by atoms with Crippen LogP contribution < -0.4 is 10.6 Å². The number of hydrogen-bond acceptors (Lipinski definition) is 5. The third-order valence-corrected chi connectivity index (χ3v) is 3.06. The lowest BCUT2D eigenvalue weighted by Gasteiger charge is -2.06. The molecule has 1 saturated carbocycles. The van der Waals surface area contributed by atoms with E-state index in [1.807, 2.05) is 6.07 Å². The fourth-order valence-electron chi connectivity index (χ4n) is 1.81. The molecule has 0 saturated heterocycles. The Morgan fingerprint density at radius 2 is 2.14 bits per heavy atom. The Hall–Kier alpha value is -2.94. The molecule has 1 amide bonds. The number of hydrogen-bond donors (Lipinski definition) is 2. The molecule has 104 valence electrons. The van der Waals surface area contributed by atoms with Crippen molar-refractivity contribution >= 4 is 17.4 Å². The largest absolute Gasteiger partial charge is 0.348 e. The zero-order chi connectivity index (χ0) is 14.7. The minimum absolute atomic E-state index is 0.192. The number of nitriles is 1. The molecule has 3 rings (SSSR count). The molecule has 1 aliphatic rings. The van der Waals surface area contributed by atoms with E-state index in [-0.39, 0.29) is 5.91 Å². The minimum atomic E-state index is -0.192. The van der Waals surface area contributed by atoms with Crippen LogP contribution in [0.1, 0.15) is 28.9 Å². The SMILES string of the molecule is N#Cc1cccc(Nc2cnc(C(=O)NC3CC3)cn2)c1. The second-order valence-electron chi connectivity index (χ2n) is 4.85. The summed E-state index contributed by atoms with van der Waals surface area (Å²) in [5.74, 6) is 0.330. The highest BCUT2D eigenvalue weighted by Crippen LogP contribution is 2.19. The molecule has 1 aliphatic carbocycles. The highest BCUT2D eigenvalue weighted by molar-refractivity contribution is 5.92. The summed E-state index contributed by atoms with van der Waals surface area (Å²) in [7, 11) is 0. The van der Waals surface area contributed by atoms with Crippen LogP contribution >= 0.6 is 0 Å². The molecule has 1 aromatic heterocycles. The number of carbonyl (C=O) groups excluding carboxylic acids is 1. The van der Waals surface area contributed by atoms with Crippen molar-refractivity contribution in [1.29, 1.82) is 5.26 Å². The molecular weight excluding hydrogens is 266 g/mol. The van der Waals surface area contributed by atoms with Gasteiger partial charge in [-0.3, -0.25) is 4.79 Å². The van der Waals surface area contributed by atoms with Gasteiger partial charge < -0.3 is 10.6 Å². The van der Waals surface area contributed by atoms with Crippen LogP contribution in [0.15, 0.2) is 36.7 Å². The molecule has 6 nitrogen and oxygen atoms in total. The van der Waals surface area contributed by atoms with Gasteiger partial charge in [-0.25, -0.2) is 9.97 Å². The van der Waals surface area contributed by atoms with Gasteiger partial charge in [0.1, 0.15) is 11.5 Å². The highest BCUT2D eigenvalue weighted by atomic mass is 16.2. The molecule has 0 radical (unpaired) electrons. The van der Waals surface area contributed by atoms with Crippen LogP contribution in [0.4, 0.5) is 11.5 Å². The number of aromatic nitrogens is 2. The van der Waals surface area contributed by atoms with Crippen molar-refractivity contribution in [3.63, 3.8) is 0 Å². The maximum atomic E-state index is 11.8. The topological polar surface area (TPSA) is 90.7 Å². The Kier molecular flexibility index (Phi) is 3.48. The normalized spacial score (nSPS) is 13.3. The summed E-state index contributed by atoms with van der Waals surface area (Å²) in [5, 5.41) is 14.8. The van der Waals surface area contributed by atoms with Crippen molar-refractivity contribution in [3.05, 3.63) is 47.9 Å². The third kappa shape index (κ3) is 3.34. The van der Waals surface area contributed by atoms with Crippen molar-refractivity contribution in [1.82, 2.24) is 15.3 Å². The molecule has 0 unspecified atom stereocenters. The number of anilines is 2. The lowest BCUT2D eigenvalue weighted by atomic mass is 10.2. The first-order chi connectivity index (χ1) is 10.2. The molecule has 2 N–H and O–H groups in total. The first-order valence-electron chi connectivity index (χ1n) is 6.65. The van der Waals surface area contributed by atoms with E-state index in [9.17, 15) is 4.79 Å². The minimum Gasteiger partial charge on any atom is -0.348 e. The first-order valence-corrected chi connectivity index (χ1v) is 6.65. The lowest BCUT2D eigenvalue weighted by molar-refractivity contribution is 0.0945. The Balaban J connectivity index is 1.68. The average Bonchev–Trinajstić information content (AvgIpc) is 3.32. The van der Waals surface area contributed by atoms with Gasteiger partial charge in [-0.1, -0.05) is 6.07 Å². The summed E-state index contributed by atoms with van der Waals surface area (Å²) < 4.78 is 0. The third-order valence-electron chi connectivity index (χ3n) is 3.06. The Morgan fingerprint density at radius 3 is 2.81 bits per heavy atom. The molecule has 1 heterocycles. The Morgan fingerprint density at radius 1 is 1.29 bits per heavy atom. The van der Waals surface area contributed by atoms with E-state index in [1.165, 1.54) is 12.4 Å². The molecule has 0 bridgehead atoms. The van der Waals surface area contributed by atoms with E-state index in [0.717, 1.165) is 18.5 Å². The number of benzene rings is 1. The Labute approximate surface area is 121 Å². The number of nitrogens with zero attached hydrogens (tertiary/aromatic N) is 3. The van der Waals surface area contributed by atoms with Gasteiger partial charge in [-0.05, 0) is 31.0 Å². The van der Waals surface area contributed by atoms with Crippen molar-refractivity contribution in [2.24, 2.45) is 0 Å². The van der Waals surface area contributed by atoms with E-state index in [1.54, 1.807) is 18.2 Å². The summed E-state index contributed by atoms with van der Waals surface area (Å²) in [6.07, 6.45) is 5.01. The van der Waals surface area contributed by atoms with Gasteiger partial charge in [0.15, 0.2) is 0 Å². The quantitative estimate of drug-likeness (QED) is 0.893. The van der Waals surface area contributed by atoms with Crippen molar-refractivity contribution < 1.29 is 4.79 Å². The van der Waals surface area contributed by atoms with E-state index >= 15 is 0 Å². The van der Waals surface area contributed by atoms with Crippen molar-refractivity contribution in [3.8, 4) is 6.07 Å². The van der Waals surface area contributed by atoms with Gasteiger partial charge in [0, 0.05) is 11.7 Å². The summed E-state index contributed by atoms with van der Waals surface area (Å²) >= 11 is 0. The van der Waals surface area contributed by atoms with Crippen LogP contribution in [-0.2, 0) is 0 Å². The van der Waals surface area contributed by atoms with Crippen molar-refractivity contribution in [2.45, 2.75) is 18.9 Å². The second-order valence-corrected chi connectivity index (χ2v) is 4.85. The van der Waals surface area contributed by atoms with Crippen LogP contribution in [0.3, 0.4) is 0 Å². The predicted molar refractivity (Wildman–Crippen MR) is 77.0 cm³/mol. The van der Waals surface area contributed by atoms with E-state index in [0.29, 0.717) is 23.1 Å². The molecule has 2 aromatic rings. The molecule has 1 aromatic carbocycles. The summed E-state index contributed by atoms with van der Waals surface area (Å²) in [6.45, 7) is 0. The number of carbonyl (C=O) groups is 1. The average molecular weight is 279 g/mol. The van der Waals surface area contributed by atoms with Crippen LogP contribution in [0.5, 0.6) is 0 Å². The monoisotopic (exact) mass is 279 g/mol. The number of amides is 1. The molecular formula is C15H13N5O. The molecule has 0 aliphatic heterocycles. The van der Waals surface area contributed by atoms with Crippen LogP contribution in [0.2, 0.25) is 0 Å². The van der Waals surface area contributed by atoms with Gasteiger partial charge in [-0.2, -0.15) is 5.26 Å². The molecule has 0 atom stereocenters. The van der Waals surface area contributed by atoms with Crippen LogP contribution in [0.25, 0.3) is 0 Å². The summed E-state index contributed by atoms with van der Waals surface area (Å²) in [6, 6.07) is 9.42. The highest BCUT2D eigenvalue weighted by Gasteiger charge is 2.24. The zero-order valence-electron chi connectivity index (χ0n) is 11.2. The van der Waals surface area contributed by atoms with Gasteiger partial charge >= 0.3 is 0 Å².